The summed E-state index contributed by atoms with van der Waals surface area (Å²) in [5.74, 6) is -1.50. The van der Waals surface area contributed by atoms with Gasteiger partial charge < -0.3 is 29.4 Å². The summed E-state index contributed by atoms with van der Waals surface area (Å²) in [6.07, 6.45) is -5.54. The number of nitrogens with zero attached hydrogens (tertiary/aromatic N) is 3. The predicted molar refractivity (Wildman–Crippen MR) is 147 cm³/mol. The molecule has 4 heterocycles. The van der Waals surface area contributed by atoms with Crippen LogP contribution in [0, 0.1) is 0 Å². The molecule has 0 radical (unpaired) electrons. The van der Waals surface area contributed by atoms with Gasteiger partial charge >= 0.3 is 12.5 Å². The molecule has 2 aromatic carbocycles. The third-order valence-corrected chi connectivity index (χ3v) is 8.08. The molecule has 0 spiro atoms. The first-order chi connectivity index (χ1) is 21.3. The first kappa shape index (κ1) is 29.1. The Morgan fingerprint density at radius 1 is 1.16 bits per heavy atom. The number of carbonyl (C=O) groups is 1. The second-order valence-corrected chi connectivity index (χ2v) is 11.3. The Labute approximate surface area is 251 Å². The lowest BCUT2D eigenvalue weighted by atomic mass is 9.92. The van der Waals surface area contributed by atoms with Crippen LogP contribution in [0.2, 0.25) is 0 Å². The number of aromatic nitrogens is 3. The SMILES string of the molecule is COc1cc(C(=O)NC[C@@](O)(c2cc3c(c(-c4ccc5c(c4)OC(F)(F)O5)n2)OC[C@H]3C)C(F)(F)F)cc2cn(C3CC3)nc12. The van der Waals surface area contributed by atoms with Crippen molar-refractivity contribution in [3.05, 3.63) is 59.4 Å². The van der Waals surface area contributed by atoms with Gasteiger partial charge in [0.1, 0.15) is 22.7 Å². The van der Waals surface area contributed by atoms with Crippen LogP contribution < -0.4 is 24.3 Å². The lowest BCUT2D eigenvalue weighted by Crippen LogP contribution is -2.51. The van der Waals surface area contributed by atoms with Crippen molar-refractivity contribution >= 4 is 16.8 Å². The van der Waals surface area contributed by atoms with Crippen molar-refractivity contribution in [2.24, 2.45) is 0 Å². The molecule has 2 aromatic heterocycles. The van der Waals surface area contributed by atoms with Crippen LogP contribution >= 0.6 is 0 Å². The van der Waals surface area contributed by atoms with Crippen LogP contribution in [0.15, 0.2) is 42.6 Å². The quantitative estimate of drug-likeness (QED) is 0.259. The second-order valence-electron chi connectivity index (χ2n) is 11.3. The summed E-state index contributed by atoms with van der Waals surface area (Å²) in [6.45, 7) is 0.534. The van der Waals surface area contributed by atoms with E-state index in [1.165, 1.54) is 31.4 Å². The zero-order valence-electron chi connectivity index (χ0n) is 23.7. The number of alkyl halides is 5. The number of pyridine rings is 1. The summed E-state index contributed by atoms with van der Waals surface area (Å²) in [4.78, 5) is 17.3. The number of hydrogen-bond acceptors (Lipinski definition) is 8. The fraction of sp³-hybridized carbons (Fsp3) is 0.367. The van der Waals surface area contributed by atoms with Crippen LogP contribution in [0.1, 0.15) is 53.3 Å². The second kappa shape index (κ2) is 9.92. The number of hydrogen-bond donors (Lipinski definition) is 2. The molecule has 0 bridgehead atoms. The Morgan fingerprint density at radius 3 is 2.62 bits per heavy atom. The van der Waals surface area contributed by atoms with Gasteiger partial charge in [0.2, 0.25) is 5.60 Å². The highest BCUT2D eigenvalue weighted by atomic mass is 19.4. The molecular weight excluding hydrogens is 607 g/mol. The third-order valence-electron chi connectivity index (χ3n) is 8.08. The van der Waals surface area contributed by atoms with Crippen LogP contribution in [0.5, 0.6) is 23.0 Å². The van der Waals surface area contributed by atoms with Gasteiger partial charge in [-0.05, 0) is 49.2 Å². The third kappa shape index (κ3) is 4.94. The van der Waals surface area contributed by atoms with Crippen LogP contribution in [0.3, 0.4) is 0 Å². The Hall–Kier alpha value is -4.66. The van der Waals surface area contributed by atoms with E-state index in [9.17, 15) is 31.9 Å². The monoisotopic (exact) mass is 632 g/mol. The molecule has 10 nitrogen and oxygen atoms in total. The van der Waals surface area contributed by atoms with Gasteiger partial charge in [0, 0.05) is 34.2 Å². The number of carbonyl (C=O) groups excluding carboxylic acids is 1. The normalized spacial score (nSPS) is 19.6. The first-order valence-electron chi connectivity index (χ1n) is 14.0. The molecule has 15 heteroatoms. The van der Waals surface area contributed by atoms with E-state index >= 15 is 0 Å². The molecule has 1 fully saturated rings. The van der Waals surface area contributed by atoms with Gasteiger partial charge in [-0.1, -0.05) is 6.92 Å². The number of rotatable bonds is 7. The fourth-order valence-electron chi connectivity index (χ4n) is 5.45. The number of ether oxygens (including phenoxy) is 4. The van der Waals surface area contributed by atoms with Crippen LogP contribution in [-0.2, 0) is 5.60 Å². The Kier molecular flexibility index (Phi) is 6.41. The largest absolute Gasteiger partial charge is 0.586 e. The van der Waals surface area contributed by atoms with E-state index in [0.717, 1.165) is 25.0 Å². The number of halogens is 5. The number of fused-ring (bicyclic) bond motifs is 3. The van der Waals surface area contributed by atoms with Crippen molar-refractivity contribution in [1.29, 1.82) is 0 Å². The summed E-state index contributed by atoms with van der Waals surface area (Å²) < 4.78 is 93.1. The van der Waals surface area contributed by atoms with Crippen LogP contribution in [0.25, 0.3) is 22.2 Å². The van der Waals surface area contributed by atoms with E-state index in [0.29, 0.717) is 16.5 Å². The standard InChI is InChI=1S/C30H25F5N4O6/c1-14-12-43-26-19(14)10-23(37-25(26)15-3-6-20-21(8-15)45-30(34,35)44-20)28(41,29(31,32)33)13-36-27(40)16-7-17-11-39(18-4-5-18)38-24(17)22(9-16)42-2/h3,6-11,14,18,41H,4-5,12-13H2,1-2H3,(H,36,40)/t14-,28-/m1/s1. The molecule has 1 aliphatic carbocycles. The van der Waals surface area contributed by atoms with Gasteiger partial charge in [-0.25, -0.2) is 4.98 Å². The van der Waals surface area contributed by atoms with Gasteiger partial charge in [-0.15, -0.1) is 8.78 Å². The molecule has 2 atom stereocenters. The van der Waals surface area contributed by atoms with Crippen LogP contribution in [0.4, 0.5) is 22.0 Å². The molecule has 4 aromatic rings. The minimum atomic E-state index is -5.30. The molecule has 0 saturated heterocycles. The maximum absolute atomic E-state index is 14.7. The van der Waals surface area contributed by atoms with Crippen molar-refractivity contribution in [2.45, 2.75) is 49.8 Å². The van der Waals surface area contributed by atoms with E-state index in [1.54, 1.807) is 17.8 Å². The van der Waals surface area contributed by atoms with E-state index in [-0.39, 0.29) is 58.4 Å². The summed E-state index contributed by atoms with van der Waals surface area (Å²) in [5.41, 5.74) is -3.69. The van der Waals surface area contributed by atoms with E-state index in [4.69, 9.17) is 9.47 Å². The Bertz CT molecular complexity index is 1860. The molecule has 45 heavy (non-hydrogen) atoms. The Morgan fingerprint density at radius 2 is 1.91 bits per heavy atom. The zero-order valence-corrected chi connectivity index (χ0v) is 23.7. The van der Waals surface area contributed by atoms with Crippen molar-refractivity contribution in [3.63, 3.8) is 0 Å². The number of amides is 1. The number of nitrogens with one attached hydrogen (secondary N) is 1. The lowest BCUT2D eigenvalue weighted by Gasteiger charge is -2.31. The smallest absolute Gasteiger partial charge is 0.494 e. The number of aliphatic hydroxyl groups is 1. The Balaban J connectivity index is 1.24. The highest BCUT2D eigenvalue weighted by molar-refractivity contribution is 6.00. The maximum atomic E-state index is 14.7. The molecule has 236 valence electrons. The van der Waals surface area contributed by atoms with Crippen LogP contribution in [-0.4, -0.2) is 58.5 Å². The average Bonchev–Trinajstić information content (AvgIpc) is 3.52. The first-order valence-corrected chi connectivity index (χ1v) is 14.0. The molecule has 2 aliphatic heterocycles. The lowest BCUT2D eigenvalue weighted by molar-refractivity contribution is -0.286. The molecule has 0 unspecified atom stereocenters. The molecule has 2 N–H and O–H groups in total. The minimum Gasteiger partial charge on any atom is -0.494 e. The average molecular weight is 633 g/mol. The van der Waals surface area contributed by atoms with Gasteiger partial charge in [0.25, 0.3) is 5.91 Å². The highest BCUT2D eigenvalue weighted by Gasteiger charge is 2.57. The van der Waals surface area contributed by atoms with E-state index < -0.39 is 36.2 Å². The summed E-state index contributed by atoms with van der Waals surface area (Å²) in [6, 6.07) is 7.79. The number of methoxy groups -OCH3 is 1. The van der Waals surface area contributed by atoms with Gasteiger partial charge in [-0.3, -0.25) is 9.48 Å². The van der Waals surface area contributed by atoms with E-state index in [1.807, 2.05) is 0 Å². The highest BCUT2D eigenvalue weighted by Crippen LogP contribution is 2.48. The summed E-state index contributed by atoms with van der Waals surface area (Å²) in [5, 5.41) is 18.5. The number of benzene rings is 2. The van der Waals surface area contributed by atoms with Crippen molar-refractivity contribution in [3.8, 4) is 34.3 Å². The zero-order chi connectivity index (χ0) is 31.9. The minimum absolute atomic E-state index is 0.000932. The molecule has 1 saturated carbocycles. The van der Waals surface area contributed by atoms with Gasteiger partial charge in [0.05, 0.1) is 32.0 Å². The van der Waals surface area contributed by atoms with Crippen molar-refractivity contribution in [2.75, 3.05) is 20.3 Å². The van der Waals surface area contributed by atoms with Crippen molar-refractivity contribution in [1.82, 2.24) is 20.1 Å². The fourth-order valence-corrected chi connectivity index (χ4v) is 5.45. The van der Waals surface area contributed by atoms with Crippen molar-refractivity contribution < 1.29 is 50.8 Å². The molecule has 7 rings (SSSR count). The molecular formula is C30H25F5N4O6. The van der Waals surface area contributed by atoms with Gasteiger partial charge in [0.15, 0.2) is 11.5 Å². The summed E-state index contributed by atoms with van der Waals surface area (Å²) in [7, 11) is 1.39. The maximum Gasteiger partial charge on any atom is 0.586 e. The summed E-state index contributed by atoms with van der Waals surface area (Å²) >= 11 is 0. The molecule has 3 aliphatic rings. The molecule has 1 amide bonds. The topological polar surface area (TPSA) is 117 Å². The van der Waals surface area contributed by atoms with E-state index in [2.05, 4.69) is 24.9 Å². The van der Waals surface area contributed by atoms with Gasteiger partial charge in [-0.2, -0.15) is 18.3 Å². The predicted octanol–water partition coefficient (Wildman–Crippen LogP) is 5.44.